The Morgan fingerprint density at radius 1 is 1.59 bits per heavy atom. The molecule has 0 N–H and O–H groups in total. The first kappa shape index (κ1) is 12.5. The summed E-state index contributed by atoms with van der Waals surface area (Å²) in [5.74, 6) is 0.0949. The third-order valence-electron chi connectivity index (χ3n) is 3.15. The maximum Gasteiger partial charge on any atom is 0.254 e. The molecular formula is C12H16BrN3O. The molecule has 92 valence electrons. The minimum absolute atomic E-state index is 0.0949. The van der Waals surface area contributed by atoms with Gasteiger partial charge < -0.3 is 9.80 Å². The molecule has 0 saturated carbocycles. The van der Waals surface area contributed by atoms with Gasteiger partial charge in [0.1, 0.15) is 4.60 Å². The summed E-state index contributed by atoms with van der Waals surface area (Å²) in [6.07, 6.45) is 2.70. The molecule has 0 spiro atoms. The fraction of sp³-hybridized carbons (Fsp3) is 0.500. The molecule has 1 amide bonds. The molecule has 2 heterocycles. The fourth-order valence-corrected chi connectivity index (χ4v) is 2.43. The first-order valence-electron chi connectivity index (χ1n) is 5.65. The molecule has 1 aliphatic heterocycles. The number of rotatable bonds is 2. The highest BCUT2D eigenvalue weighted by Gasteiger charge is 2.27. The molecule has 0 aliphatic carbocycles. The third kappa shape index (κ3) is 2.84. The molecule has 1 aromatic heterocycles. The molecule has 1 fully saturated rings. The lowest BCUT2D eigenvalue weighted by molar-refractivity contribution is 0.0783. The van der Waals surface area contributed by atoms with Gasteiger partial charge in [-0.15, -0.1) is 0 Å². The Bertz CT molecular complexity index is 422. The van der Waals surface area contributed by atoms with Crippen molar-refractivity contribution in [2.45, 2.75) is 12.5 Å². The van der Waals surface area contributed by atoms with Gasteiger partial charge in [-0.2, -0.15) is 0 Å². The number of halogens is 1. The fourth-order valence-electron chi connectivity index (χ4n) is 2.07. The second kappa shape index (κ2) is 5.14. The number of likely N-dealkylation sites (tertiary alicyclic amines) is 1. The van der Waals surface area contributed by atoms with E-state index in [0.717, 1.165) is 19.5 Å². The second-order valence-electron chi connectivity index (χ2n) is 4.52. The number of amides is 1. The number of carbonyl (C=O) groups excluding carboxylic acids is 1. The largest absolute Gasteiger partial charge is 0.337 e. The number of nitrogens with zero attached hydrogens (tertiary/aromatic N) is 3. The number of carbonyl (C=O) groups is 1. The first-order valence-corrected chi connectivity index (χ1v) is 6.44. The van der Waals surface area contributed by atoms with E-state index in [-0.39, 0.29) is 5.91 Å². The van der Waals surface area contributed by atoms with Crippen LogP contribution in [0.4, 0.5) is 0 Å². The van der Waals surface area contributed by atoms with Crippen LogP contribution in [0.15, 0.2) is 22.9 Å². The molecule has 1 unspecified atom stereocenters. The van der Waals surface area contributed by atoms with Gasteiger partial charge in [0.15, 0.2) is 0 Å². The summed E-state index contributed by atoms with van der Waals surface area (Å²) in [5, 5.41) is 0. The Morgan fingerprint density at radius 3 is 2.94 bits per heavy atom. The summed E-state index contributed by atoms with van der Waals surface area (Å²) >= 11 is 3.28. The highest BCUT2D eigenvalue weighted by Crippen LogP contribution is 2.17. The van der Waals surface area contributed by atoms with Crippen LogP contribution in [0.3, 0.4) is 0 Å². The number of hydrogen-bond acceptors (Lipinski definition) is 3. The van der Waals surface area contributed by atoms with Crippen molar-refractivity contribution < 1.29 is 4.79 Å². The molecule has 1 atom stereocenters. The lowest BCUT2D eigenvalue weighted by atomic mass is 10.2. The van der Waals surface area contributed by atoms with Crippen molar-refractivity contribution in [3.63, 3.8) is 0 Å². The summed E-state index contributed by atoms with van der Waals surface area (Å²) in [6, 6.07) is 4.01. The number of pyridine rings is 1. The van der Waals surface area contributed by atoms with E-state index >= 15 is 0 Å². The summed E-state index contributed by atoms with van der Waals surface area (Å²) < 4.78 is 0.701. The molecule has 4 nitrogen and oxygen atoms in total. The zero-order valence-corrected chi connectivity index (χ0v) is 11.6. The van der Waals surface area contributed by atoms with Crippen molar-refractivity contribution in [1.29, 1.82) is 0 Å². The van der Waals surface area contributed by atoms with Crippen LogP contribution in [-0.2, 0) is 0 Å². The van der Waals surface area contributed by atoms with Crippen molar-refractivity contribution in [2.24, 2.45) is 0 Å². The predicted octanol–water partition coefficient (Wildman–Crippen LogP) is 1.62. The van der Waals surface area contributed by atoms with E-state index in [1.54, 1.807) is 18.3 Å². The molecule has 0 radical (unpaired) electrons. The molecule has 2 rings (SSSR count). The number of hydrogen-bond donors (Lipinski definition) is 0. The van der Waals surface area contributed by atoms with E-state index in [0.29, 0.717) is 16.2 Å². The van der Waals surface area contributed by atoms with Crippen LogP contribution in [0.1, 0.15) is 16.8 Å². The van der Waals surface area contributed by atoms with Crippen LogP contribution in [0.25, 0.3) is 0 Å². The van der Waals surface area contributed by atoms with Gasteiger partial charge in [-0.05, 0) is 48.6 Å². The average molecular weight is 298 g/mol. The Labute approximate surface area is 110 Å². The molecule has 1 aromatic rings. The van der Waals surface area contributed by atoms with Crippen molar-refractivity contribution >= 4 is 21.8 Å². The van der Waals surface area contributed by atoms with E-state index in [4.69, 9.17) is 0 Å². The minimum atomic E-state index is 0.0949. The molecule has 0 aromatic carbocycles. The minimum Gasteiger partial charge on any atom is -0.337 e. The van der Waals surface area contributed by atoms with Gasteiger partial charge in [0.05, 0.1) is 0 Å². The second-order valence-corrected chi connectivity index (χ2v) is 5.34. The van der Waals surface area contributed by atoms with Crippen molar-refractivity contribution in [2.75, 3.05) is 27.2 Å². The van der Waals surface area contributed by atoms with Gasteiger partial charge in [0.2, 0.25) is 0 Å². The predicted molar refractivity (Wildman–Crippen MR) is 69.9 cm³/mol. The molecule has 5 heteroatoms. The zero-order chi connectivity index (χ0) is 12.4. The van der Waals surface area contributed by atoms with Gasteiger partial charge in [0.25, 0.3) is 5.91 Å². The maximum absolute atomic E-state index is 12.2. The van der Waals surface area contributed by atoms with Gasteiger partial charge in [0, 0.05) is 30.9 Å². The van der Waals surface area contributed by atoms with E-state index in [9.17, 15) is 4.79 Å². The number of likely N-dealkylation sites (N-methyl/N-ethyl adjacent to an activating group) is 1. The number of aromatic nitrogens is 1. The summed E-state index contributed by atoms with van der Waals surface area (Å²) in [5.41, 5.74) is 0.700. The van der Waals surface area contributed by atoms with Crippen LogP contribution >= 0.6 is 15.9 Å². The Balaban J connectivity index is 2.07. The van der Waals surface area contributed by atoms with Gasteiger partial charge in [-0.25, -0.2) is 4.98 Å². The van der Waals surface area contributed by atoms with E-state index in [1.807, 2.05) is 4.90 Å². The summed E-state index contributed by atoms with van der Waals surface area (Å²) in [4.78, 5) is 20.3. The van der Waals surface area contributed by atoms with Crippen LogP contribution in [0.5, 0.6) is 0 Å². The Morgan fingerprint density at radius 2 is 2.35 bits per heavy atom. The first-order chi connectivity index (χ1) is 8.08. The highest BCUT2D eigenvalue weighted by molar-refractivity contribution is 9.10. The van der Waals surface area contributed by atoms with Gasteiger partial charge >= 0.3 is 0 Å². The molecule has 1 saturated heterocycles. The SMILES string of the molecule is CN(C)C1CCN(C(=O)c2ccnc(Br)c2)C1. The molecule has 0 bridgehead atoms. The lowest BCUT2D eigenvalue weighted by Gasteiger charge is -2.20. The van der Waals surface area contributed by atoms with E-state index < -0.39 is 0 Å². The van der Waals surface area contributed by atoms with Gasteiger partial charge in [-0.1, -0.05) is 0 Å². The van der Waals surface area contributed by atoms with Crippen molar-refractivity contribution in [3.05, 3.63) is 28.5 Å². The quantitative estimate of drug-likeness (QED) is 0.779. The van der Waals surface area contributed by atoms with Crippen LogP contribution in [0.2, 0.25) is 0 Å². The lowest BCUT2D eigenvalue weighted by Crippen LogP contribution is -2.34. The Hall–Kier alpha value is -0.940. The smallest absolute Gasteiger partial charge is 0.254 e. The summed E-state index contributed by atoms with van der Waals surface area (Å²) in [6.45, 7) is 1.65. The molecular weight excluding hydrogens is 282 g/mol. The summed E-state index contributed by atoms with van der Waals surface area (Å²) in [7, 11) is 4.11. The highest BCUT2D eigenvalue weighted by atomic mass is 79.9. The van der Waals surface area contributed by atoms with Crippen molar-refractivity contribution in [1.82, 2.24) is 14.8 Å². The van der Waals surface area contributed by atoms with E-state index in [2.05, 4.69) is 39.9 Å². The standard InChI is InChI=1S/C12H16BrN3O/c1-15(2)10-4-6-16(8-10)12(17)9-3-5-14-11(13)7-9/h3,5,7,10H,4,6,8H2,1-2H3. The van der Waals surface area contributed by atoms with Crippen LogP contribution < -0.4 is 0 Å². The van der Waals surface area contributed by atoms with E-state index in [1.165, 1.54) is 0 Å². The molecule has 17 heavy (non-hydrogen) atoms. The van der Waals surface area contributed by atoms with Crippen LogP contribution in [0, 0.1) is 0 Å². The maximum atomic E-state index is 12.2. The third-order valence-corrected chi connectivity index (χ3v) is 3.59. The van der Waals surface area contributed by atoms with Gasteiger partial charge in [-0.3, -0.25) is 4.79 Å². The van der Waals surface area contributed by atoms with Crippen molar-refractivity contribution in [3.8, 4) is 0 Å². The molecule has 1 aliphatic rings. The monoisotopic (exact) mass is 297 g/mol. The topological polar surface area (TPSA) is 36.4 Å². The average Bonchev–Trinajstić information content (AvgIpc) is 2.77. The zero-order valence-electron chi connectivity index (χ0n) is 10.1. The van der Waals surface area contributed by atoms with Crippen LogP contribution in [-0.4, -0.2) is 53.9 Å². The normalized spacial score (nSPS) is 20.0. The Kier molecular flexibility index (Phi) is 3.79.